The molecule has 0 saturated heterocycles. The van der Waals surface area contributed by atoms with Crippen molar-refractivity contribution in [3.8, 4) is 0 Å². The summed E-state index contributed by atoms with van der Waals surface area (Å²) in [4.78, 5) is 33.4. The zero-order chi connectivity index (χ0) is 12.8. The van der Waals surface area contributed by atoms with Gasteiger partial charge in [0.05, 0.1) is 18.9 Å². The topological polar surface area (TPSA) is 105 Å². The standard InChI is InChI=1S/C10H16N2O5/c1-17-10(16)12-11-8(13)6-4-2-3-5-7(6)9(14)15/h6-7H,2-5H2,1H3,(H,11,13)(H,12,16)(H,14,15)/t6?,7-/m0/s1. The minimum atomic E-state index is -0.970. The lowest BCUT2D eigenvalue weighted by Crippen LogP contribution is -2.47. The molecule has 0 aromatic rings. The van der Waals surface area contributed by atoms with Crippen LogP contribution in [0.4, 0.5) is 4.79 Å². The maximum Gasteiger partial charge on any atom is 0.425 e. The number of rotatable bonds is 2. The summed E-state index contributed by atoms with van der Waals surface area (Å²) in [5, 5.41) is 8.99. The first-order valence-corrected chi connectivity index (χ1v) is 5.43. The molecule has 7 nitrogen and oxygen atoms in total. The van der Waals surface area contributed by atoms with Crippen LogP contribution in [0, 0.1) is 11.8 Å². The summed E-state index contributed by atoms with van der Waals surface area (Å²) in [5.41, 5.74) is 4.20. The molecule has 2 amide bonds. The van der Waals surface area contributed by atoms with E-state index in [1.54, 1.807) is 0 Å². The second-order valence-electron chi connectivity index (χ2n) is 3.94. The van der Waals surface area contributed by atoms with E-state index in [2.05, 4.69) is 10.2 Å². The number of hydrogen-bond acceptors (Lipinski definition) is 4. The Balaban J connectivity index is 2.53. The van der Waals surface area contributed by atoms with E-state index < -0.39 is 29.8 Å². The molecule has 2 atom stereocenters. The van der Waals surface area contributed by atoms with Gasteiger partial charge < -0.3 is 9.84 Å². The highest BCUT2D eigenvalue weighted by molar-refractivity contribution is 5.86. The number of methoxy groups -OCH3 is 1. The summed E-state index contributed by atoms with van der Waals surface area (Å²) in [6.07, 6.45) is 1.85. The monoisotopic (exact) mass is 244 g/mol. The van der Waals surface area contributed by atoms with Gasteiger partial charge in [0.1, 0.15) is 0 Å². The highest BCUT2D eigenvalue weighted by atomic mass is 16.5. The average Bonchev–Trinajstić information content (AvgIpc) is 2.35. The van der Waals surface area contributed by atoms with Crippen LogP contribution in [0.2, 0.25) is 0 Å². The van der Waals surface area contributed by atoms with Crippen molar-refractivity contribution in [1.29, 1.82) is 0 Å². The number of carboxylic acids is 1. The Bertz CT molecular complexity index is 318. The SMILES string of the molecule is COC(=O)NNC(=O)C1CCCC[C@@H]1C(=O)O. The fraction of sp³-hybridized carbons (Fsp3) is 0.700. The third-order valence-corrected chi connectivity index (χ3v) is 2.89. The molecule has 1 unspecified atom stereocenters. The van der Waals surface area contributed by atoms with Crippen molar-refractivity contribution < 1.29 is 24.2 Å². The Morgan fingerprint density at radius 2 is 1.71 bits per heavy atom. The van der Waals surface area contributed by atoms with E-state index in [9.17, 15) is 14.4 Å². The Hall–Kier alpha value is -1.79. The first-order chi connectivity index (χ1) is 8.06. The molecule has 0 heterocycles. The largest absolute Gasteiger partial charge is 0.481 e. The molecular weight excluding hydrogens is 228 g/mol. The Morgan fingerprint density at radius 1 is 1.12 bits per heavy atom. The maximum absolute atomic E-state index is 11.7. The van der Waals surface area contributed by atoms with Gasteiger partial charge in [0.2, 0.25) is 5.91 Å². The number of amides is 2. The molecule has 7 heteroatoms. The van der Waals surface area contributed by atoms with E-state index in [-0.39, 0.29) is 0 Å². The van der Waals surface area contributed by atoms with Gasteiger partial charge in [-0.1, -0.05) is 12.8 Å². The summed E-state index contributed by atoms with van der Waals surface area (Å²) in [6.45, 7) is 0. The van der Waals surface area contributed by atoms with Crippen molar-refractivity contribution in [1.82, 2.24) is 10.9 Å². The van der Waals surface area contributed by atoms with Crippen molar-refractivity contribution >= 4 is 18.0 Å². The van der Waals surface area contributed by atoms with Gasteiger partial charge in [-0.3, -0.25) is 15.0 Å². The minimum Gasteiger partial charge on any atom is -0.481 e. The number of carbonyl (C=O) groups is 3. The van der Waals surface area contributed by atoms with Crippen LogP contribution in [-0.4, -0.2) is 30.2 Å². The molecule has 0 spiro atoms. The Kier molecular flexibility index (Phi) is 4.74. The second kappa shape index (κ2) is 6.07. The van der Waals surface area contributed by atoms with E-state index >= 15 is 0 Å². The predicted molar refractivity (Wildman–Crippen MR) is 56.8 cm³/mol. The zero-order valence-corrected chi connectivity index (χ0v) is 9.56. The molecule has 0 bridgehead atoms. The number of carbonyl (C=O) groups excluding carboxylic acids is 2. The average molecular weight is 244 g/mol. The molecule has 1 aliphatic rings. The van der Waals surface area contributed by atoms with Crippen molar-refractivity contribution in [2.24, 2.45) is 11.8 Å². The predicted octanol–water partition coefficient (Wildman–Crippen LogP) is 0.265. The summed E-state index contributed by atoms with van der Waals surface area (Å²) in [5.74, 6) is -2.73. The van der Waals surface area contributed by atoms with E-state index in [4.69, 9.17) is 5.11 Å². The molecule has 0 aliphatic heterocycles. The Labute approximate surface area is 98.5 Å². The number of aliphatic carboxylic acids is 1. The van der Waals surface area contributed by atoms with Crippen LogP contribution in [0.25, 0.3) is 0 Å². The first-order valence-electron chi connectivity index (χ1n) is 5.43. The smallest absolute Gasteiger partial charge is 0.425 e. The molecular formula is C10H16N2O5. The third kappa shape index (κ3) is 3.61. The minimum absolute atomic E-state index is 0.484. The Morgan fingerprint density at radius 3 is 2.24 bits per heavy atom. The zero-order valence-electron chi connectivity index (χ0n) is 9.56. The molecule has 3 N–H and O–H groups in total. The number of hydrogen-bond donors (Lipinski definition) is 3. The quantitative estimate of drug-likeness (QED) is 0.604. The van der Waals surface area contributed by atoms with Crippen LogP contribution in [-0.2, 0) is 14.3 Å². The van der Waals surface area contributed by atoms with Gasteiger partial charge in [0.15, 0.2) is 0 Å². The van der Waals surface area contributed by atoms with Crippen LogP contribution in [0.1, 0.15) is 25.7 Å². The molecule has 1 aliphatic carbocycles. The summed E-state index contributed by atoms with van der Waals surface area (Å²) in [7, 11) is 1.17. The van der Waals surface area contributed by atoms with E-state index in [0.29, 0.717) is 12.8 Å². The van der Waals surface area contributed by atoms with Gasteiger partial charge in [-0.25, -0.2) is 10.2 Å². The van der Waals surface area contributed by atoms with Crippen LogP contribution in [0.3, 0.4) is 0 Å². The fourth-order valence-corrected chi connectivity index (χ4v) is 2.00. The third-order valence-electron chi connectivity index (χ3n) is 2.89. The molecule has 96 valence electrons. The second-order valence-corrected chi connectivity index (χ2v) is 3.94. The molecule has 0 aromatic heterocycles. The van der Waals surface area contributed by atoms with Gasteiger partial charge >= 0.3 is 12.1 Å². The molecule has 0 radical (unpaired) electrons. The van der Waals surface area contributed by atoms with Crippen LogP contribution < -0.4 is 10.9 Å². The maximum atomic E-state index is 11.7. The number of ether oxygens (including phenoxy) is 1. The summed E-state index contributed by atoms with van der Waals surface area (Å²) in [6, 6.07) is 0. The number of hydrazine groups is 1. The molecule has 1 rings (SSSR count). The highest BCUT2D eigenvalue weighted by Gasteiger charge is 2.35. The molecule has 1 saturated carbocycles. The number of carboxylic acid groups (broad SMARTS) is 1. The fourth-order valence-electron chi connectivity index (χ4n) is 2.00. The molecule has 0 aromatic carbocycles. The molecule has 17 heavy (non-hydrogen) atoms. The van der Waals surface area contributed by atoms with Crippen LogP contribution in [0.5, 0.6) is 0 Å². The summed E-state index contributed by atoms with van der Waals surface area (Å²) >= 11 is 0. The van der Waals surface area contributed by atoms with Gasteiger partial charge in [-0.05, 0) is 12.8 Å². The van der Waals surface area contributed by atoms with Gasteiger partial charge in [-0.2, -0.15) is 0 Å². The van der Waals surface area contributed by atoms with Crippen molar-refractivity contribution in [3.63, 3.8) is 0 Å². The first kappa shape index (κ1) is 13.3. The van der Waals surface area contributed by atoms with Gasteiger partial charge in [-0.15, -0.1) is 0 Å². The van der Waals surface area contributed by atoms with Crippen molar-refractivity contribution in [2.45, 2.75) is 25.7 Å². The van der Waals surface area contributed by atoms with E-state index in [1.165, 1.54) is 7.11 Å². The van der Waals surface area contributed by atoms with Crippen LogP contribution >= 0.6 is 0 Å². The normalized spacial score (nSPS) is 23.6. The lowest BCUT2D eigenvalue weighted by Gasteiger charge is -2.27. The lowest BCUT2D eigenvalue weighted by molar-refractivity contribution is -0.149. The molecule has 1 fully saturated rings. The van der Waals surface area contributed by atoms with Gasteiger partial charge in [0.25, 0.3) is 0 Å². The van der Waals surface area contributed by atoms with E-state index in [0.717, 1.165) is 12.8 Å². The summed E-state index contributed by atoms with van der Waals surface area (Å²) < 4.78 is 4.28. The lowest BCUT2D eigenvalue weighted by atomic mass is 9.79. The number of nitrogens with one attached hydrogen (secondary N) is 2. The van der Waals surface area contributed by atoms with Crippen LogP contribution in [0.15, 0.2) is 0 Å². The van der Waals surface area contributed by atoms with Crippen molar-refractivity contribution in [3.05, 3.63) is 0 Å². The highest BCUT2D eigenvalue weighted by Crippen LogP contribution is 2.30. The van der Waals surface area contributed by atoms with Gasteiger partial charge in [0, 0.05) is 0 Å². The van der Waals surface area contributed by atoms with Crippen molar-refractivity contribution in [2.75, 3.05) is 7.11 Å². The van der Waals surface area contributed by atoms with E-state index in [1.807, 2.05) is 5.43 Å².